The molecule has 1 heterocycles. The lowest BCUT2D eigenvalue weighted by Crippen LogP contribution is -2.48. The van der Waals surface area contributed by atoms with Crippen LogP contribution >= 0.6 is 11.6 Å². The number of aromatic hydroxyl groups is 1. The van der Waals surface area contributed by atoms with Gasteiger partial charge in [-0.3, -0.25) is 15.0 Å². The fourth-order valence-corrected chi connectivity index (χ4v) is 5.92. The molecule has 7 heteroatoms. The lowest BCUT2D eigenvalue weighted by molar-refractivity contribution is -0.138. The van der Waals surface area contributed by atoms with Crippen molar-refractivity contribution < 1.29 is 19.1 Å². The summed E-state index contributed by atoms with van der Waals surface area (Å²) in [6.07, 6.45) is 6.00. The third kappa shape index (κ3) is 3.92. The van der Waals surface area contributed by atoms with Crippen LogP contribution in [0.3, 0.4) is 0 Å². The van der Waals surface area contributed by atoms with E-state index < -0.39 is 34.9 Å². The molecule has 1 saturated heterocycles. The van der Waals surface area contributed by atoms with Gasteiger partial charge in [0.15, 0.2) is 0 Å². The molecule has 1 fully saturated rings. The van der Waals surface area contributed by atoms with Crippen LogP contribution in [0.2, 0.25) is 5.02 Å². The summed E-state index contributed by atoms with van der Waals surface area (Å²) in [5, 5.41) is 12.9. The van der Waals surface area contributed by atoms with Gasteiger partial charge in [0.2, 0.25) is 0 Å². The van der Waals surface area contributed by atoms with Crippen LogP contribution in [0.25, 0.3) is 0 Å². The summed E-state index contributed by atoms with van der Waals surface area (Å²) >= 11 is 6.21. The molecule has 5 rings (SSSR count). The number of amides is 2. The number of anilines is 1. The number of halogens is 2. The van der Waals surface area contributed by atoms with Gasteiger partial charge in [0, 0.05) is 16.5 Å². The molecule has 1 aliphatic carbocycles. The van der Waals surface area contributed by atoms with E-state index in [0.717, 1.165) is 10.6 Å². The fourth-order valence-electron chi connectivity index (χ4n) is 5.80. The number of hydrogen-bond donors (Lipinski definition) is 2. The Kier molecular flexibility index (Phi) is 6.67. The van der Waals surface area contributed by atoms with Crippen molar-refractivity contribution in [2.45, 2.75) is 24.2 Å². The molecule has 38 heavy (non-hydrogen) atoms. The molecule has 3 atom stereocenters. The number of nitrogens with zero attached hydrogens (tertiary/aromatic N) is 1. The third-order valence-corrected chi connectivity index (χ3v) is 7.72. The summed E-state index contributed by atoms with van der Waals surface area (Å²) in [6, 6.07) is 17.7. The number of imide groups is 1. The number of phenols is 1. The average molecular weight is 529 g/mol. The van der Waals surface area contributed by atoms with E-state index in [0.29, 0.717) is 40.2 Å². The molecule has 0 saturated carbocycles. The number of nitrogens with one attached hydrogen (secondary N) is 1. The number of hydrazine groups is 1. The molecular weight excluding hydrogens is 503 g/mol. The van der Waals surface area contributed by atoms with E-state index in [1.165, 1.54) is 24.3 Å². The van der Waals surface area contributed by atoms with E-state index in [9.17, 15) is 19.1 Å². The Morgan fingerprint density at radius 1 is 1.08 bits per heavy atom. The molecule has 0 radical (unpaired) electrons. The van der Waals surface area contributed by atoms with Crippen LogP contribution in [0.1, 0.15) is 29.0 Å². The largest absolute Gasteiger partial charge is 0.507 e. The zero-order chi connectivity index (χ0) is 27.0. The Labute approximate surface area is 225 Å². The van der Waals surface area contributed by atoms with Crippen LogP contribution in [0.15, 0.2) is 104 Å². The van der Waals surface area contributed by atoms with Gasteiger partial charge in [-0.1, -0.05) is 66.7 Å². The molecule has 0 bridgehead atoms. The summed E-state index contributed by atoms with van der Waals surface area (Å²) in [5.41, 5.74) is 4.38. The molecule has 2 N–H and O–H groups in total. The molecule has 192 valence electrons. The van der Waals surface area contributed by atoms with Crippen molar-refractivity contribution in [3.05, 3.63) is 131 Å². The topological polar surface area (TPSA) is 69.6 Å². The number of allylic oxidation sites excluding steroid dienone is 4. The maximum absolute atomic E-state index is 14.6. The molecule has 2 amide bonds. The van der Waals surface area contributed by atoms with Crippen LogP contribution < -0.4 is 5.43 Å². The highest BCUT2D eigenvalue weighted by Gasteiger charge is 2.66. The molecule has 3 aromatic carbocycles. The summed E-state index contributed by atoms with van der Waals surface area (Å²) in [4.78, 5) is 28.5. The van der Waals surface area contributed by atoms with E-state index in [1.807, 2.05) is 12.1 Å². The number of benzene rings is 3. The number of carbonyl (C=O) groups excluding carboxylic acids is 2. The van der Waals surface area contributed by atoms with Crippen molar-refractivity contribution in [2.75, 3.05) is 5.43 Å². The number of fused-ring (bicyclic) bond motifs is 1. The minimum absolute atomic E-state index is 0.0457. The van der Waals surface area contributed by atoms with Crippen molar-refractivity contribution in [1.82, 2.24) is 5.01 Å². The van der Waals surface area contributed by atoms with Gasteiger partial charge in [-0.05, 0) is 65.9 Å². The zero-order valence-corrected chi connectivity index (χ0v) is 21.3. The van der Waals surface area contributed by atoms with Crippen LogP contribution in [0.4, 0.5) is 10.1 Å². The maximum Gasteiger partial charge on any atom is 0.260 e. The second-order valence-electron chi connectivity index (χ2n) is 9.45. The first-order valence-electron chi connectivity index (χ1n) is 12.2. The Morgan fingerprint density at radius 3 is 2.45 bits per heavy atom. The van der Waals surface area contributed by atoms with Crippen LogP contribution in [-0.2, 0) is 21.4 Å². The lowest BCUT2D eigenvalue weighted by Gasteiger charge is -2.43. The molecule has 0 unspecified atom stereocenters. The van der Waals surface area contributed by atoms with Crippen molar-refractivity contribution in [3.63, 3.8) is 0 Å². The van der Waals surface area contributed by atoms with Gasteiger partial charge in [-0.2, -0.15) is 5.01 Å². The van der Waals surface area contributed by atoms with E-state index >= 15 is 0 Å². The Bertz CT molecular complexity index is 1470. The van der Waals surface area contributed by atoms with Gasteiger partial charge in [0.25, 0.3) is 11.8 Å². The standard InChI is InChI=1S/C31H26ClFN2O3/c1-3-6-20-7-5-8-25(28(20)36)27-19(4-2)9-18-26-29(37)35(34-24-16-14-23(33)15-17-24)30(38)31(26,27)21-10-12-22(32)13-11-21/h3-5,7-17,26-27,34,36H,1-2,6,18H2/t26-,27+,31+/m0/s1. The van der Waals surface area contributed by atoms with Crippen LogP contribution in [0, 0.1) is 11.7 Å². The smallest absolute Gasteiger partial charge is 0.260 e. The quantitative estimate of drug-likeness (QED) is 0.273. The van der Waals surface area contributed by atoms with Crippen molar-refractivity contribution in [2.24, 2.45) is 5.92 Å². The van der Waals surface area contributed by atoms with Gasteiger partial charge in [-0.25, -0.2) is 4.39 Å². The highest BCUT2D eigenvalue weighted by Crippen LogP contribution is 2.59. The first kappa shape index (κ1) is 25.5. The highest BCUT2D eigenvalue weighted by molar-refractivity contribution is 6.30. The predicted molar refractivity (Wildman–Crippen MR) is 146 cm³/mol. The summed E-state index contributed by atoms with van der Waals surface area (Å²) < 4.78 is 13.5. The van der Waals surface area contributed by atoms with Crippen molar-refractivity contribution in [3.8, 4) is 5.75 Å². The van der Waals surface area contributed by atoms with Gasteiger partial charge in [0.05, 0.1) is 17.0 Å². The third-order valence-electron chi connectivity index (χ3n) is 7.47. The monoisotopic (exact) mass is 528 g/mol. The Morgan fingerprint density at radius 2 is 1.79 bits per heavy atom. The Hall–Kier alpha value is -4.16. The SMILES string of the molecule is C=CCc1cccc([C@H]2C(C=C)=CC[C@H]3C(=O)N(Nc4ccc(F)cc4)C(=O)[C@@]23c2ccc(Cl)cc2)c1O. The lowest BCUT2D eigenvalue weighted by atomic mass is 9.56. The number of para-hydroxylation sites is 1. The molecule has 5 nitrogen and oxygen atoms in total. The van der Waals surface area contributed by atoms with Crippen molar-refractivity contribution in [1.29, 1.82) is 0 Å². The number of rotatable bonds is 7. The first-order valence-corrected chi connectivity index (χ1v) is 12.6. The van der Waals surface area contributed by atoms with E-state index in [1.54, 1.807) is 48.6 Å². The summed E-state index contributed by atoms with van der Waals surface area (Å²) in [6.45, 7) is 7.77. The molecule has 3 aromatic rings. The molecule has 0 aromatic heterocycles. The van der Waals surface area contributed by atoms with E-state index in [4.69, 9.17) is 11.6 Å². The van der Waals surface area contributed by atoms with Crippen LogP contribution in [-0.4, -0.2) is 21.9 Å². The second-order valence-corrected chi connectivity index (χ2v) is 9.89. The first-order chi connectivity index (χ1) is 18.3. The highest BCUT2D eigenvalue weighted by atomic mass is 35.5. The fraction of sp³-hybridized carbons (Fsp3) is 0.161. The van der Waals surface area contributed by atoms with Gasteiger partial charge < -0.3 is 5.11 Å². The number of hydrogen-bond acceptors (Lipinski definition) is 4. The van der Waals surface area contributed by atoms with E-state index in [-0.39, 0.29) is 5.75 Å². The van der Waals surface area contributed by atoms with Gasteiger partial charge >= 0.3 is 0 Å². The van der Waals surface area contributed by atoms with Crippen molar-refractivity contribution >= 4 is 29.1 Å². The van der Waals surface area contributed by atoms with E-state index in [2.05, 4.69) is 18.6 Å². The minimum atomic E-state index is -1.41. The molecular formula is C31H26ClFN2O3. The second kappa shape index (κ2) is 9.95. The number of phenolic OH excluding ortho intramolecular Hbond substituents is 1. The number of carbonyl (C=O) groups is 2. The molecule has 1 aliphatic heterocycles. The normalized spacial score (nSPS) is 22.6. The zero-order valence-electron chi connectivity index (χ0n) is 20.5. The summed E-state index contributed by atoms with van der Waals surface area (Å²) in [7, 11) is 0. The predicted octanol–water partition coefficient (Wildman–Crippen LogP) is 6.46. The molecule has 2 aliphatic rings. The Balaban J connectivity index is 1.75. The van der Waals surface area contributed by atoms with Gasteiger partial charge in [0.1, 0.15) is 11.6 Å². The minimum Gasteiger partial charge on any atom is -0.507 e. The maximum atomic E-state index is 14.6. The van der Waals surface area contributed by atoms with Crippen LogP contribution in [0.5, 0.6) is 5.75 Å². The molecule has 0 spiro atoms. The average Bonchev–Trinajstić information content (AvgIpc) is 3.13. The summed E-state index contributed by atoms with van der Waals surface area (Å²) in [5.74, 6) is -2.79. The van der Waals surface area contributed by atoms with Gasteiger partial charge in [-0.15, -0.1) is 6.58 Å².